The number of hydrogen-bond acceptors (Lipinski definition) is 3. The van der Waals surface area contributed by atoms with Crippen LogP contribution in [0.4, 0.5) is 5.69 Å². The molecule has 5 nitrogen and oxygen atoms in total. The fraction of sp³-hybridized carbons (Fsp3) is 0.190. The van der Waals surface area contributed by atoms with E-state index in [1.165, 1.54) is 37.5 Å². The molecule has 0 aliphatic carbocycles. The fourth-order valence-electron chi connectivity index (χ4n) is 2.91. The monoisotopic (exact) mass is 382 g/mol. The number of amides is 1. The summed E-state index contributed by atoms with van der Waals surface area (Å²) in [7, 11) is -0.511. The summed E-state index contributed by atoms with van der Waals surface area (Å²) in [6.07, 6.45) is 0. The summed E-state index contributed by atoms with van der Waals surface area (Å²) < 4.78 is 25.6. The van der Waals surface area contributed by atoms with Crippen LogP contribution in [0.1, 0.15) is 12.5 Å². The fourth-order valence-corrected chi connectivity index (χ4v) is 3.81. The van der Waals surface area contributed by atoms with Crippen molar-refractivity contribution in [3.63, 3.8) is 0 Å². The van der Waals surface area contributed by atoms with Crippen molar-refractivity contribution in [2.75, 3.05) is 19.0 Å². The third-order valence-corrected chi connectivity index (χ3v) is 6.29. The summed E-state index contributed by atoms with van der Waals surface area (Å²) in [6, 6.07) is 20.6. The molecule has 0 fully saturated rings. The van der Waals surface area contributed by atoms with Gasteiger partial charge in [-0.3, -0.25) is 4.79 Å². The highest BCUT2D eigenvalue weighted by atomic mass is 32.2. The molecule has 0 saturated carbocycles. The molecule has 27 heavy (non-hydrogen) atoms. The lowest BCUT2D eigenvalue weighted by atomic mass is 10.1. The van der Waals surface area contributed by atoms with Crippen LogP contribution in [-0.2, 0) is 21.4 Å². The minimum Gasteiger partial charge on any atom is -0.308 e. The van der Waals surface area contributed by atoms with Crippen LogP contribution >= 0.6 is 0 Å². The molecule has 0 aromatic heterocycles. The molecule has 3 aromatic rings. The second-order valence-electron chi connectivity index (χ2n) is 6.57. The van der Waals surface area contributed by atoms with E-state index in [9.17, 15) is 13.2 Å². The molecule has 3 rings (SSSR count). The van der Waals surface area contributed by atoms with Crippen LogP contribution in [0.2, 0.25) is 0 Å². The van der Waals surface area contributed by atoms with E-state index in [0.29, 0.717) is 12.2 Å². The van der Waals surface area contributed by atoms with Gasteiger partial charge < -0.3 is 4.90 Å². The van der Waals surface area contributed by atoms with E-state index >= 15 is 0 Å². The summed E-state index contributed by atoms with van der Waals surface area (Å²) in [5, 5.41) is 2.26. The van der Waals surface area contributed by atoms with Gasteiger partial charge in [-0.1, -0.05) is 36.4 Å². The number of benzene rings is 3. The number of nitrogens with zero attached hydrogens (tertiary/aromatic N) is 2. The Hall–Kier alpha value is -2.70. The highest BCUT2D eigenvalue weighted by molar-refractivity contribution is 7.89. The zero-order valence-electron chi connectivity index (χ0n) is 15.6. The third-order valence-electron chi connectivity index (χ3n) is 4.46. The van der Waals surface area contributed by atoms with Gasteiger partial charge in [0.25, 0.3) is 0 Å². The average molecular weight is 382 g/mol. The molecule has 0 radical (unpaired) electrons. The van der Waals surface area contributed by atoms with E-state index in [0.717, 1.165) is 16.3 Å². The summed E-state index contributed by atoms with van der Waals surface area (Å²) >= 11 is 0. The first kappa shape index (κ1) is 19.1. The van der Waals surface area contributed by atoms with E-state index in [2.05, 4.69) is 6.07 Å². The third kappa shape index (κ3) is 4.02. The molecule has 0 spiro atoms. The van der Waals surface area contributed by atoms with Gasteiger partial charge in [0.15, 0.2) is 0 Å². The quantitative estimate of drug-likeness (QED) is 0.677. The molecule has 0 N–H and O–H groups in total. The van der Waals surface area contributed by atoms with Crippen LogP contribution < -0.4 is 4.90 Å². The van der Waals surface area contributed by atoms with Gasteiger partial charge in [-0.2, -0.15) is 0 Å². The molecular weight excluding hydrogens is 360 g/mol. The number of carbonyl (C=O) groups is 1. The Balaban J connectivity index is 1.90. The molecule has 3 aromatic carbocycles. The van der Waals surface area contributed by atoms with Gasteiger partial charge in [-0.25, -0.2) is 12.7 Å². The minimum atomic E-state index is -3.49. The van der Waals surface area contributed by atoms with Gasteiger partial charge in [0.05, 0.1) is 11.4 Å². The zero-order chi connectivity index (χ0) is 19.6. The van der Waals surface area contributed by atoms with Crippen molar-refractivity contribution >= 4 is 32.4 Å². The SMILES string of the molecule is CC(=O)N(Cc1ccc2ccccc2c1)c1ccc(S(=O)(=O)N(C)C)cc1. The zero-order valence-corrected chi connectivity index (χ0v) is 16.4. The maximum Gasteiger partial charge on any atom is 0.242 e. The molecular formula is C21H22N2O3S. The normalized spacial score (nSPS) is 11.7. The van der Waals surface area contributed by atoms with E-state index in [1.807, 2.05) is 36.4 Å². The predicted octanol–water partition coefficient (Wildman–Crippen LogP) is 3.64. The van der Waals surface area contributed by atoms with Crippen molar-refractivity contribution in [3.05, 3.63) is 72.3 Å². The molecule has 0 unspecified atom stereocenters. The smallest absolute Gasteiger partial charge is 0.242 e. The van der Waals surface area contributed by atoms with Crippen LogP contribution in [0.25, 0.3) is 10.8 Å². The second-order valence-corrected chi connectivity index (χ2v) is 8.72. The molecule has 0 atom stereocenters. The largest absolute Gasteiger partial charge is 0.308 e. The first-order valence-electron chi connectivity index (χ1n) is 8.57. The van der Waals surface area contributed by atoms with Gasteiger partial charge in [0.1, 0.15) is 0 Å². The number of sulfonamides is 1. The standard InChI is InChI=1S/C21H22N2O3S/c1-16(24)23(15-17-8-9-18-6-4-5-7-19(18)14-17)20-10-12-21(13-11-20)27(25,26)22(2)3/h4-14H,15H2,1-3H3. The molecule has 0 bridgehead atoms. The van der Waals surface area contributed by atoms with Gasteiger partial charge in [0.2, 0.25) is 15.9 Å². The first-order chi connectivity index (χ1) is 12.8. The molecule has 1 amide bonds. The highest BCUT2D eigenvalue weighted by Gasteiger charge is 2.18. The Morgan fingerprint density at radius 1 is 0.889 bits per heavy atom. The van der Waals surface area contributed by atoms with Crippen molar-refractivity contribution in [1.29, 1.82) is 0 Å². The van der Waals surface area contributed by atoms with Crippen molar-refractivity contribution in [1.82, 2.24) is 4.31 Å². The predicted molar refractivity (Wildman–Crippen MR) is 108 cm³/mol. The molecule has 0 heterocycles. The topological polar surface area (TPSA) is 57.7 Å². The van der Waals surface area contributed by atoms with Crippen LogP contribution in [-0.4, -0.2) is 32.7 Å². The first-order valence-corrected chi connectivity index (χ1v) is 10.0. The van der Waals surface area contributed by atoms with E-state index in [1.54, 1.807) is 17.0 Å². The van der Waals surface area contributed by atoms with Crippen molar-refractivity contribution < 1.29 is 13.2 Å². The Morgan fingerprint density at radius 2 is 1.52 bits per heavy atom. The summed E-state index contributed by atoms with van der Waals surface area (Å²) in [5.74, 6) is -0.105. The lowest BCUT2D eigenvalue weighted by Crippen LogP contribution is -2.28. The Bertz CT molecular complexity index is 1070. The molecule has 140 valence electrons. The Kier molecular flexibility index (Phi) is 5.30. The molecule has 0 saturated heterocycles. The van der Waals surface area contributed by atoms with E-state index in [-0.39, 0.29) is 10.8 Å². The number of hydrogen-bond donors (Lipinski definition) is 0. The summed E-state index contributed by atoms with van der Waals surface area (Å²) in [4.78, 5) is 14.0. The van der Waals surface area contributed by atoms with Crippen LogP contribution in [0.5, 0.6) is 0 Å². The number of anilines is 1. The minimum absolute atomic E-state index is 0.105. The van der Waals surface area contributed by atoms with E-state index in [4.69, 9.17) is 0 Å². The molecule has 0 aliphatic rings. The van der Waals surface area contributed by atoms with E-state index < -0.39 is 10.0 Å². The molecule has 0 aliphatic heterocycles. The Labute approximate surface area is 159 Å². The number of fused-ring (bicyclic) bond motifs is 1. The lowest BCUT2D eigenvalue weighted by molar-refractivity contribution is -0.116. The van der Waals surface area contributed by atoms with Gasteiger partial charge in [0, 0.05) is 26.7 Å². The van der Waals surface area contributed by atoms with Crippen molar-refractivity contribution in [2.45, 2.75) is 18.4 Å². The van der Waals surface area contributed by atoms with Crippen LogP contribution in [0.3, 0.4) is 0 Å². The average Bonchev–Trinajstić information content (AvgIpc) is 2.65. The van der Waals surface area contributed by atoms with Gasteiger partial charge in [-0.05, 0) is 46.7 Å². The highest BCUT2D eigenvalue weighted by Crippen LogP contribution is 2.23. The molecule has 6 heteroatoms. The number of rotatable bonds is 5. The maximum absolute atomic E-state index is 12.2. The van der Waals surface area contributed by atoms with Crippen LogP contribution in [0.15, 0.2) is 71.6 Å². The summed E-state index contributed by atoms with van der Waals surface area (Å²) in [6.45, 7) is 1.92. The maximum atomic E-state index is 12.2. The van der Waals surface area contributed by atoms with Crippen LogP contribution in [0, 0.1) is 0 Å². The van der Waals surface area contributed by atoms with Crippen molar-refractivity contribution in [3.8, 4) is 0 Å². The van der Waals surface area contributed by atoms with Gasteiger partial charge in [-0.15, -0.1) is 0 Å². The number of carbonyl (C=O) groups excluding carboxylic acids is 1. The van der Waals surface area contributed by atoms with Gasteiger partial charge >= 0.3 is 0 Å². The van der Waals surface area contributed by atoms with Crippen molar-refractivity contribution in [2.24, 2.45) is 0 Å². The summed E-state index contributed by atoms with van der Waals surface area (Å²) in [5.41, 5.74) is 1.67. The Morgan fingerprint density at radius 3 is 2.11 bits per heavy atom. The lowest BCUT2D eigenvalue weighted by Gasteiger charge is -2.22. The second kappa shape index (κ2) is 7.50.